The quantitative estimate of drug-likeness (QED) is 0.278. The van der Waals surface area contributed by atoms with E-state index < -0.39 is 0 Å². The van der Waals surface area contributed by atoms with Crippen LogP contribution < -0.4 is 20.9 Å². The molecule has 11 heteroatoms. The molecule has 1 fully saturated rings. The number of hydrogen-bond donors (Lipinski definition) is 4. The van der Waals surface area contributed by atoms with Gasteiger partial charge in [-0.15, -0.1) is 0 Å². The Labute approximate surface area is 218 Å². The summed E-state index contributed by atoms with van der Waals surface area (Å²) in [5.41, 5.74) is 4.63. The number of aliphatic hydroxyl groups is 1. The zero-order chi connectivity index (χ0) is 25.9. The van der Waals surface area contributed by atoms with Crippen molar-refractivity contribution in [3.8, 4) is 11.5 Å². The van der Waals surface area contributed by atoms with Crippen LogP contribution in [0.25, 0.3) is 11.5 Å². The van der Waals surface area contributed by atoms with Crippen molar-refractivity contribution in [3.63, 3.8) is 0 Å². The summed E-state index contributed by atoms with van der Waals surface area (Å²) in [5, 5.41) is 23.9. The number of ether oxygens (including phenoxy) is 1. The van der Waals surface area contributed by atoms with E-state index in [2.05, 4.69) is 31.1 Å². The molecule has 0 aliphatic carbocycles. The number of rotatable bonds is 8. The maximum Gasteiger partial charge on any atom is 0.266 e. The summed E-state index contributed by atoms with van der Waals surface area (Å²) in [5.74, 6) is 1.33. The molecule has 194 valence electrons. The molecule has 4 N–H and O–H groups in total. The van der Waals surface area contributed by atoms with Gasteiger partial charge in [0, 0.05) is 43.1 Å². The average Bonchev–Trinajstić information content (AvgIpc) is 3.60. The van der Waals surface area contributed by atoms with Crippen LogP contribution in [0.3, 0.4) is 0 Å². The average molecular weight is 514 g/mol. The summed E-state index contributed by atoms with van der Waals surface area (Å²) >= 11 is 0. The SMILES string of the molecule is O=C1NCc2cc(Nc3cc(N[C@H](CO)c4ccccc4)c(-c4nc(N5CCOCC5)no4)cn3)ccc21. The first kappa shape index (κ1) is 23.9. The number of nitrogens with zero attached hydrogens (tertiary/aromatic N) is 4. The molecular formula is C27H27N7O4. The topological polar surface area (TPSA) is 138 Å². The van der Waals surface area contributed by atoms with Crippen molar-refractivity contribution in [3.05, 3.63) is 77.5 Å². The summed E-state index contributed by atoms with van der Waals surface area (Å²) in [7, 11) is 0. The highest BCUT2D eigenvalue weighted by Crippen LogP contribution is 2.33. The second-order valence-corrected chi connectivity index (χ2v) is 9.08. The molecule has 0 radical (unpaired) electrons. The predicted octanol–water partition coefficient (Wildman–Crippen LogP) is 3.10. The first-order valence-corrected chi connectivity index (χ1v) is 12.5. The van der Waals surface area contributed by atoms with Gasteiger partial charge in [0.25, 0.3) is 17.7 Å². The second kappa shape index (κ2) is 10.5. The minimum absolute atomic E-state index is 0.0625. The first-order valence-electron chi connectivity index (χ1n) is 12.5. The molecule has 0 unspecified atom stereocenters. The predicted molar refractivity (Wildman–Crippen MR) is 141 cm³/mol. The van der Waals surface area contributed by atoms with Crippen molar-refractivity contribution in [1.29, 1.82) is 0 Å². The molecule has 1 saturated heterocycles. The summed E-state index contributed by atoms with van der Waals surface area (Å²) < 4.78 is 11.1. The zero-order valence-corrected chi connectivity index (χ0v) is 20.6. The van der Waals surface area contributed by atoms with Gasteiger partial charge in [0.15, 0.2) is 0 Å². The summed E-state index contributed by atoms with van der Waals surface area (Å²) in [6.07, 6.45) is 1.67. The van der Waals surface area contributed by atoms with Crippen LogP contribution in [0.2, 0.25) is 0 Å². The highest BCUT2D eigenvalue weighted by atomic mass is 16.5. The van der Waals surface area contributed by atoms with Crippen LogP contribution in [-0.2, 0) is 11.3 Å². The third-order valence-corrected chi connectivity index (χ3v) is 6.62. The number of hydrogen-bond acceptors (Lipinski definition) is 10. The minimum atomic E-state index is -0.371. The van der Waals surface area contributed by atoms with Crippen LogP contribution in [0.4, 0.5) is 23.1 Å². The third-order valence-electron chi connectivity index (χ3n) is 6.62. The van der Waals surface area contributed by atoms with Gasteiger partial charge >= 0.3 is 0 Å². The molecule has 1 atom stereocenters. The fourth-order valence-electron chi connectivity index (χ4n) is 4.60. The van der Waals surface area contributed by atoms with E-state index in [0.29, 0.717) is 67.3 Å². The van der Waals surface area contributed by atoms with Gasteiger partial charge in [0.2, 0.25) is 0 Å². The van der Waals surface area contributed by atoms with E-state index in [4.69, 9.17) is 9.26 Å². The maximum absolute atomic E-state index is 11.9. The fraction of sp³-hybridized carbons (Fsp3) is 0.259. The smallest absolute Gasteiger partial charge is 0.266 e. The van der Waals surface area contributed by atoms with Crippen LogP contribution in [0.1, 0.15) is 27.5 Å². The molecule has 6 rings (SSSR count). The van der Waals surface area contributed by atoms with E-state index in [-0.39, 0.29) is 18.6 Å². The Balaban J connectivity index is 1.32. The van der Waals surface area contributed by atoms with Crippen molar-refractivity contribution >= 4 is 29.0 Å². The summed E-state index contributed by atoms with van der Waals surface area (Å²) in [6, 6.07) is 16.8. The number of carbonyl (C=O) groups excluding carboxylic acids is 1. The number of amides is 1. The Hall–Kier alpha value is -4.48. The van der Waals surface area contributed by atoms with Crippen molar-refractivity contribution in [2.24, 2.45) is 0 Å². The monoisotopic (exact) mass is 513 g/mol. The molecule has 2 aliphatic rings. The standard InChI is InChI=1S/C27H27N7O4/c35-16-23(17-4-2-1-3-5-17)31-22-13-24(30-19-6-7-20-18(12-19)14-29-25(20)36)28-15-21(22)26-32-27(33-38-26)34-8-10-37-11-9-34/h1-7,12-13,15,23,35H,8-11,14,16H2,(H,29,36)(H2,28,30,31)/t23-/m1/s1. The Morgan fingerprint density at radius 2 is 1.92 bits per heavy atom. The fourth-order valence-corrected chi connectivity index (χ4v) is 4.60. The Morgan fingerprint density at radius 1 is 1.08 bits per heavy atom. The van der Waals surface area contributed by atoms with Gasteiger partial charge in [-0.1, -0.05) is 30.3 Å². The normalized spacial score (nSPS) is 15.6. The number of pyridine rings is 1. The number of nitrogens with one attached hydrogen (secondary N) is 3. The Morgan fingerprint density at radius 3 is 2.74 bits per heavy atom. The van der Waals surface area contributed by atoms with Gasteiger partial charge in [-0.3, -0.25) is 4.79 Å². The molecule has 2 aromatic heterocycles. The van der Waals surface area contributed by atoms with Crippen LogP contribution in [-0.4, -0.2) is 59.0 Å². The van der Waals surface area contributed by atoms with E-state index >= 15 is 0 Å². The Kier molecular flexibility index (Phi) is 6.59. The lowest BCUT2D eigenvalue weighted by atomic mass is 10.1. The highest BCUT2D eigenvalue weighted by Gasteiger charge is 2.22. The van der Waals surface area contributed by atoms with Crippen molar-refractivity contribution in [2.45, 2.75) is 12.6 Å². The van der Waals surface area contributed by atoms with Crippen LogP contribution in [0, 0.1) is 0 Å². The van der Waals surface area contributed by atoms with Crippen molar-refractivity contribution in [1.82, 2.24) is 20.4 Å². The lowest BCUT2D eigenvalue weighted by Crippen LogP contribution is -2.36. The van der Waals surface area contributed by atoms with Crippen LogP contribution >= 0.6 is 0 Å². The second-order valence-electron chi connectivity index (χ2n) is 9.08. The largest absolute Gasteiger partial charge is 0.394 e. The van der Waals surface area contributed by atoms with Crippen molar-refractivity contribution < 1.29 is 19.2 Å². The Bertz CT molecular complexity index is 1440. The first-order chi connectivity index (χ1) is 18.7. The van der Waals surface area contributed by atoms with Gasteiger partial charge in [0.1, 0.15) is 5.82 Å². The van der Waals surface area contributed by atoms with Gasteiger partial charge < -0.3 is 35.2 Å². The number of aromatic nitrogens is 3. The van der Waals surface area contributed by atoms with Gasteiger partial charge in [-0.2, -0.15) is 4.98 Å². The number of aliphatic hydroxyl groups excluding tert-OH is 1. The molecule has 0 saturated carbocycles. The molecular weight excluding hydrogens is 486 g/mol. The zero-order valence-electron chi connectivity index (χ0n) is 20.6. The molecule has 0 bridgehead atoms. The van der Waals surface area contributed by atoms with Gasteiger partial charge in [-0.25, -0.2) is 4.98 Å². The molecule has 4 aromatic rings. The number of morpholine rings is 1. The van der Waals surface area contributed by atoms with E-state index in [1.54, 1.807) is 12.3 Å². The molecule has 2 aromatic carbocycles. The lowest BCUT2D eigenvalue weighted by molar-refractivity contribution is 0.0965. The highest BCUT2D eigenvalue weighted by molar-refractivity contribution is 5.98. The number of carbonyl (C=O) groups is 1. The molecule has 38 heavy (non-hydrogen) atoms. The molecule has 4 heterocycles. The van der Waals surface area contributed by atoms with E-state index in [1.165, 1.54) is 0 Å². The number of benzene rings is 2. The maximum atomic E-state index is 11.9. The van der Waals surface area contributed by atoms with Gasteiger partial charge in [-0.05, 0) is 34.5 Å². The summed E-state index contributed by atoms with van der Waals surface area (Å²) in [6.45, 7) is 2.98. The summed E-state index contributed by atoms with van der Waals surface area (Å²) in [4.78, 5) is 23.1. The van der Waals surface area contributed by atoms with Gasteiger partial charge in [0.05, 0.1) is 37.1 Å². The lowest BCUT2D eigenvalue weighted by Gasteiger charge is -2.24. The van der Waals surface area contributed by atoms with Crippen LogP contribution in [0.15, 0.2) is 65.3 Å². The van der Waals surface area contributed by atoms with Crippen LogP contribution in [0.5, 0.6) is 0 Å². The third kappa shape index (κ3) is 4.89. The molecule has 0 spiro atoms. The molecule has 1 amide bonds. The van der Waals surface area contributed by atoms with E-state index in [9.17, 15) is 9.90 Å². The van der Waals surface area contributed by atoms with E-state index in [1.807, 2.05) is 53.4 Å². The minimum Gasteiger partial charge on any atom is -0.394 e. The van der Waals surface area contributed by atoms with Crippen molar-refractivity contribution in [2.75, 3.05) is 48.4 Å². The number of fused-ring (bicyclic) bond motifs is 1. The number of anilines is 4. The molecule has 2 aliphatic heterocycles. The van der Waals surface area contributed by atoms with E-state index in [0.717, 1.165) is 16.8 Å². The molecule has 11 nitrogen and oxygen atoms in total.